The molecule has 0 fully saturated rings. The zero-order valence-corrected chi connectivity index (χ0v) is 28.4. The van der Waals surface area contributed by atoms with Crippen molar-refractivity contribution < 1.29 is 0 Å². The van der Waals surface area contributed by atoms with Gasteiger partial charge in [0, 0.05) is 69.8 Å². The van der Waals surface area contributed by atoms with Crippen molar-refractivity contribution in [3.05, 3.63) is 210 Å². The Kier molecular flexibility index (Phi) is 5.64. The molecule has 0 saturated heterocycles. The summed E-state index contributed by atoms with van der Waals surface area (Å²) in [6.45, 7) is 0. The molecule has 0 spiro atoms. The van der Waals surface area contributed by atoms with Crippen LogP contribution >= 0.6 is 0 Å². The lowest BCUT2D eigenvalue weighted by atomic mass is 9.88. The van der Waals surface area contributed by atoms with E-state index in [-0.39, 0.29) is 12.1 Å². The molecule has 0 saturated carbocycles. The summed E-state index contributed by atoms with van der Waals surface area (Å²) in [7, 11) is 0. The van der Waals surface area contributed by atoms with Crippen molar-refractivity contribution >= 4 is 50.3 Å². The van der Waals surface area contributed by atoms with Gasteiger partial charge < -0.3 is 14.4 Å². The summed E-state index contributed by atoms with van der Waals surface area (Å²) in [6, 6.07) is 46.7. The van der Waals surface area contributed by atoms with Gasteiger partial charge in [-0.1, -0.05) is 103 Å². The normalized spacial score (nSPS) is 20.7. The van der Waals surface area contributed by atoms with Gasteiger partial charge in [0.2, 0.25) is 17.1 Å². The summed E-state index contributed by atoms with van der Waals surface area (Å²) in [6.07, 6.45) is 19.4. The van der Waals surface area contributed by atoms with E-state index in [0.29, 0.717) is 0 Å². The second kappa shape index (κ2) is 10.4. The van der Waals surface area contributed by atoms with Crippen LogP contribution in [0.25, 0.3) is 27.5 Å². The number of rotatable bonds is 3. The Morgan fingerprint density at radius 2 is 1.33 bits per heavy atom. The maximum absolute atomic E-state index is 2.64. The Hall–Kier alpha value is -6.65. The molecule has 12 rings (SSSR count). The molecule has 244 valence electrons. The third-order valence-electron chi connectivity index (χ3n) is 11.7. The molecule has 4 nitrogen and oxygen atoms in total. The molecule has 1 aromatic heterocycles. The van der Waals surface area contributed by atoms with E-state index in [1.165, 1.54) is 89.6 Å². The second-order valence-electron chi connectivity index (χ2n) is 14.3. The van der Waals surface area contributed by atoms with Crippen LogP contribution in [0.5, 0.6) is 0 Å². The Balaban J connectivity index is 1.00. The van der Waals surface area contributed by atoms with E-state index in [1.807, 2.05) is 0 Å². The molecule has 2 atom stereocenters. The standard InChI is InChI=1S/C48H33N4/c1-2-13-31(14-3-1)51-43-22-10-11-23-44(43)52-47-29-38-36-17-6-9-21-42(36)50(46(38)30-39(47)37-18-12-24-45(51)48(37)52)33-27-25-32(26-28-33)49-40-19-7-4-15-34(40)35-16-5-8-20-41(35)49/h1-28,30,42,48H,29H2/q+1. The SMILES string of the molecule is C1=CC2=C3CC4=C(C=C3N(c3ccc(-n5c6ccccc6c6ccccc65)cc3)C2C=C1)C1=CC=CC2=[N+](c3ccccc3)c3ccccc3N4C12. The van der Waals surface area contributed by atoms with Crippen molar-refractivity contribution in [1.82, 2.24) is 9.14 Å². The summed E-state index contributed by atoms with van der Waals surface area (Å²) in [5.41, 5.74) is 18.1. The minimum Gasteiger partial charge on any atom is -0.330 e. The van der Waals surface area contributed by atoms with E-state index in [2.05, 4.69) is 195 Å². The molecule has 5 aromatic carbocycles. The molecule has 4 heterocycles. The Morgan fingerprint density at radius 1 is 0.615 bits per heavy atom. The summed E-state index contributed by atoms with van der Waals surface area (Å²) in [4.78, 5) is 5.20. The number of para-hydroxylation sites is 5. The van der Waals surface area contributed by atoms with E-state index < -0.39 is 0 Å². The second-order valence-corrected chi connectivity index (χ2v) is 14.3. The van der Waals surface area contributed by atoms with Crippen LogP contribution in [0.3, 0.4) is 0 Å². The van der Waals surface area contributed by atoms with Crippen molar-refractivity contribution in [1.29, 1.82) is 0 Å². The summed E-state index contributed by atoms with van der Waals surface area (Å²) in [5.74, 6) is 0. The highest BCUT2D eigenvalue weighted by Crippen LogP contribution is 2.54. The van der Waals surface area contributed by atoms with Crippen LogP contribution in [-0.4, -0.2) is 22.4 Å². The highest BCUT2D eigenvalue weighted by atomic mass is 15.3. The fourth-order valence-corrected chi connectivity index (χ4v) is 9.64. The molecule has 52 heavy (non-hydrogen) atoms. The average molecular weight is 666 g/mol. The van der Waals surface area contributed by atoms with Gasteiger partial charge in [-0.2, -0.15) is 4.58 Å². The number of hydrogen-bond donors (Lipinski definition) is 0. The molecule has 3 aliphatic heterocycles. The number of hydrogen-bond acceptors (Lipinski definition) is 2. The van der Waals surface area contributed by atoms with E-state index in [9.17, 15) is 0 Å². The predicted molar refractivity (Wildman–Crippen MR) is 215 cm³/mol. The van der Waals surface area contributed by atoms with Gasteiger partial charge in [-0.3, -0.25) is 0 Å². The molecule has 6 aromatic rings. The van der Waals surface area contributed by atoms with E-state index >= 15 is 0 Å². The van der Waals surface area contributed by atoms with Gasteiger partial charge in [-0.05, 0) is 65.3 Å². The van der Waals surface area contributed by atoms with Crippen LogP contribution in [-0.2, 0) is 0 Å². The first kappa shape index (κ1) is 28.1. The summed E-state index contributed by atoms with van der Waals surface area (Å²) in [5, 5.41) is 2.57. The van der Waals surface area contributed by atoms with Crippen molar-refractivity contribution in [2.45, 2.75) is 18.5 Å². The summed E-state index contributed by atoms with van der Waals surface area (Å²) < 4.78 is 4.86. The first-order chi connectivity index (χ1) is 25.8. The van der Waals surface area contributed by atoms with Crippen LogP contribution in [0.2, 0.25) is 0 Å². The number of benzene rings is 5. The highest BCUT2D eigenvalue weighted by Gasteiger charge is 2.51. The zero-order valence-electron chi connectivity index (χ0n) is 28.4. The molecule has 0 amide bonds. The van der Waals surface area contributed by atoms with Gasteiger partial charge in [0.05, 0.1) is 17.1 Å². The smallest absolute Gasteiger partial charge is 0.235 e. The van der Waals surface area contributed by atoms with E-state index in [1.54, 1.807) is 0 Å². The van der Waals surface area contributed by atoms with Crippen LogP contribution in [0.4, 0.5) is 22.7 Å². The Morgan fingerprint density at radius 3 is 2.13 bits per heavy atom. The Bertz CT molecular complexity index is 2760. The fourth-order valence-electron chi connectivity index (χ4n) is 9.64. The highest BCUT2D eigenvalue weighted by molar-refractivity contribution is 6.14. The van der Waals surface area contributed by atoms with Crippen molar-refractivity contribution in [2.75, 3.05) is 9.80 Å². The first-order valence-electron chi connectivity index (χ1n) is 18.2. The molecule has 0 radical (unpaired) electrons. The maximum Gasteiger partial charge on any atom is 0.235 e. The third kappa shape index (κ3) is 3.68. The maximum atomic E-state index is 2.64. The van der Waals surface area contributed by atoms with Gasteiger partial charge in [0.25, 0.3) is 0 Å². The van der Waals surface area contributed by atoms with Crippen molar-refractivity contribution in [3.63, 3.8) is 0 Å². The lowest BCUT2D eigenvalue weighted by Crippen LogP contribution is -2.45. The van der Waals surface area contributed by atoms with Crippen LogP contribution in [0, 0.1) is 0 Å². The number of aromatic nitrogens is 1. The molecule has 0 N–H and O–H groups in total. The van der Waals surface area contributed by atoms with E-state index in [4.69, 9.17) is 0 Å². The largest absolute Gasteiger partial charge is 0.330 e. The average Bonchev–Trinajstić information content (AvgIpc) is 3.84. The van der Waals surface area contributed by atoms with Crippen LogP contribution in [0.1, 0.15) is 6.42 Å². The molecule has 4 heteroatoms. The van der Waals surface area contributed by atoms with Crippen LogP contribution in [0.15, 0.2) is 210 Å². The number of anilines is 2. The lowest BCUT2D eigenvalue weighted by Gasteiger charge is -2.35. The van der Waals surface area contributed by atoms with E-state index in [0.717, 1.165) is 6.42 Å². The fraction of sp³-hybridized carbons (Fsp3) is 0.0625. The topological polar surface area (TPSA) is 14.4 Å². The molecule has 0 bridgehead atoms. The first-order valence-corrected chi connectivity index (χ1v) is 18.2. The number of nitrogens with zero attached hydrogens (tertiary/aromatic N) is 4. The Labute approximate surface area is 302 Å². The molecular formula is C48H33N4+. The minimum absolute atomic E-state index is 0.128. The van der Waals surface area contributed by atoms with Gasteiger partial charge >= 0.3 is 0 Å². The molecule has 6 aliphatic rings. The quantitative estimate of drug-likeness (QED) is 0.175. The minimum atomic E-state index is 0.128. The summed E-state index contributed by atoms with van der Waals surface area (Å²) >= 11 is 0. The number of allylic oxidation sites excluding steroid dienone is 7. The van der Waals surface area contributed by atoms with Gasteiger partial charge in [-0.15, -0.1) is 0 Å². The number of fused-ring (bicyclic) bond motifs is 9. The van der Waals surface area contributed by atoms with Gasteiger partial charge in [0.1, 0.15) is 11.7 Å². The third-order valence-corrected chi connectivity index (χ3v) is 11.7. The molecule has 3 aliphatic carbocycles. The lowest BCUT2D eigenvalue weighted by molar-refractivity contribution is 0.851. The monoisotopic (exact) mass is 665 g/mol. The van der Waals surface area contributed by atoms with Crippen molar-refractivity contribution in [3.8, 4) is 5.69 Å². The zero-order chi connectivity index (χ0) is 33.9. The molecule has 2 unspecified atom stereocenters. The van der Waals surface area contributed by atoms with Gasteiger partial charge in [-0.25, -0.2) is 0 Å². The van der Waals surface area contributed by atoms with Crippen molar-refractivity contribution in [2.24, 2.45) is 0 Å². The van der Waals surface area contributed by atoms with Gasteiger partial charge in [0.15, 0.2) is 0 Å². The predicted octanol–water partition coefficient (Wildman–Crippen LogP) is 10.6. The van der Waals surface area contributed by atoms with Crippen LogP contribution < -0.4 is 14.4 Å². The molecular weight excluding hydrogens is 633 g/mol.